The van der Waals surface area contributed by atoms with E-state index in [1.165, 1.54) is 5.56 Å². The number of aryl methyl sites for hydroxylation is 1. The van der Waals surface area contributed by atoms with Gasteiger partial charge in [0.1, 0.15) is 0 Å². The Morgan fingerprint density at radius 1 is 1.45 bits per heavy atom. The smallest absolute Gasteiger partial charge is 0.0771 e. The molecule has 1 aromatic carbocycles. The summed E-state index contributed by atoms with van der Waals surface area (Å²) in [6.45, 7) is 2.09. The second kappa shape index (κ2) is 4.02. The van der Waals surface area contributed by atoms with Gasteiger partial charge in [-0.05, 0) is 30.3 Å². The van der Waals surface area contributed by atoms with E-state index in [2.05, 4.69) is 29.3 Å². The highest BCUT2D eigenvalue weighted by Crippen LogP contribution is 2.17. The average molecular weight is 163 g/mol. The molecule has 2 heteroatoms. The first kappa shape index (κ1) is 8.12. The molecule has 0 amide bonds. The molecule has 1 nitrogen and oxygen atoms in total. The maximum absolute atomic E-state index is 4.52. The van der Waals surface area contributed by atoms with E-state index in [1.54, 1.807) is 0 Å². The first-order valence-corrected chi connectivity index (χ1v) is 3.95. The van der Waals surface area contributed by atoms with Crippen LogP contribution in [0.3, 0.4) is 0 Å². The van der Waals surface area contributed by atoms with Gasteiger partial charge in [0.2, 0.25) is 0 Å². The third-order valence-corrected chi connectivity index (χ3v) is 1.63. The Hall–Kier alpha value is -0.980. The lowest BCUT2D eigenvalue weighted by molar-refractivity contribution is 1.13. The Balaban J connectivity index is 3.11. The number of hydrogen-bond donors (Lipinski definition) is 0. The molecule has 1 aromatic rings. The van der Waals surface area contributed by atoms with Crippen LogP contribution in [-0.4, -0.2) is 5.16 Å². The zero-order valence-electron chi connectivity index (χ0n) is 6.37. The number of thiocarbonyl (C=S) groups is 1. The van der Waals surface area contributed by atoms with Crippen molar-refractivity contribution in [1.29, 1.82) is 0 Å². The second-order valence-corrected chi connectivity index (χ2v) is 2.37. The van der Waals surface area contributed by atoms with Crippen molar-refractivity contribution in [3.05, 3.63) is 29.8 Å². The zero-order valence-corrected chi connectivity index (χ0v) is 7.19. The van der Waals surface area contributed by atoms with Crippen molar-refractivity contribution in [2.24, 2.45) is 4.99 Å². The Morgan fingerprint density at radius 2 is 2.18 bits per heavy atom. The predicted octanol–water partition coefficient (Wildman–Crippen LogP) is 2.98. The van der Waals surface area contributed by atoms with Gasteiger partial charge in [0, 0.05) is 0 Å². The van der Waals surface area contributed by atoms with E-state index in [0.29, 0.717) is 0 Å². The van der Waals surface area contributed by atoms with E-state index in [9.17, 15) is 0 Å². The van der Waals surface area contributed by atoms with E-state index in [0.717, 1.165) is 12.1 Å². The molecule has 0 fully saturated rings. The molecule has 56 valence electrons. The van der Waals surface area contributed by atoms with E-state index >= 15 is 0 Å². The molecule has 0 aliphatic carbocycles. The molecule has 0 aliphatic rings. The van der Waals surface area contributed by atoms with Crippen molar-refractivity contribution in [2.75, 3.05) is 0 Å². The van der Waals surface area contributed by atoms with Gasteiger partial charge in [0.15, 0.2) is 0 Å². The first-order valence-electron chi connectivity index (χ1n) is 3.54. The van der Waals surface area contributed by atoms with Crippen LogP contribution in [0.25, 0.3) is 0 Å². The maximum atomic E-state index is 4.52. The number of hydrogen-bond acceptors (Lipinski definition) is 2. The zero-order chi connectivity index (χ0) is 8.10. The summed E-state index contributed by atoms with van der Waals surface area (Å²) in [6.07, 6.45) is 0.983. The molecule has 0 aromatic heterocycles. The van der Waals surface area contributed by atoms with Crippen molar-refractivity contribution in [3.63, 3.8) is 0 Å². The third-order valence-electron chi connectivity index (χ3n) is 1.54. The van der Waals surface area contributed by atoms with E-state index < -0.39 is 0 Å². The highest BCUT2D eigenvalue weighted by molar-refractivity contribution is 7.78. The van der Waals surface area contributed by atoms with Gasteiger partial charge in [-0.1, -0.05) is 25.1 Å². The fourth-order valence-corrected chi connectivity index (χ4v) is 1.07. The van der Waals surface area contributed by atoms with Crippen LogP contribution in [0.2, 0.25) is 0 Å². The van der Waals surface area contributed by atoms with Crippen LogP contribution in [0.4, 0.5) is 5.69 Å². The molecule has 0 bridgehead atoms. The number of nitrogens with zero attached hydrogens (tertiary/aromatic N) is 1. The van der Waals surface area contributed by atoms with Crippen LogP contribution in [-0.2, 0) is 6.42 Å². The molecule has 11 heavy (non-hydrogen) atoms. The number of rotatable bonds is 2. The molecule has 0 aliphatic heterocycles. The Kier molecular flexibility index (Phi) is 2.96. The molecule has 1 rings (SSSR count). The average Bonchev–Trinajstić information content (AvgIpc) is 2.06. The van der Waals surface area contributed by atoms with Crippen LogP contribution in [0, 0.1) is 0 Å². The lowest BCUT2D eigenvalue weighted by Crippen LogP contribution is -1.78. The summed E-state index contributed by atoms with van der Waals surface area (Å²) in [5.41, 5.74) is 2.15. The molecule has 0 unspecified atom stereocenters. The second-order valence-electron chi connectivity index (χ2n) is 2.19. The minimum Gasteiger partial charge on any atom is -0.194 e. The Labute approximate surface area is 71.8 Å². The number of aliphatic imine (C=N–C) groups is 1. The maximum Gasteiger partial charge on any atom is 0.0771 e. The van der Waals surface area contributed by atoms with Crippen LogP contribution >= 0.6 is 12.2 Å². The highest BCUT2D eigenvalue weighted by Gasteiger charge is 1.94. The van der Waals surface area contributed by atoms with E-state index in [1.807, 2.05) is 24.3 Å². The summed E-state index contributed by atoms with van der Waals surface area (Å²) in [5.74, 6) is 0. The molecule has 0 atom stereocenters. The Bertz CT molecular complexity index is 287. The molecule has 0 N–H and O–H groups in total. The number of benzene rings is 1. The summed E-state index contributed by atoms with van der Waals surface area (Å²) in [4.78, 5) is 3.94. The van der Waals surface area contributed by atoms with Gasteiger partial charge >= 0.3 is 0 Å². The van der Waals surface area contributed by atoms with E-state index in [4.69, 9.17) is 0 Å². The number of isothiocyanates is 1. The normalized spacial score (nSPS) is 8.82. The standard InChI is InChI=1S/C9H9NS/c1-2-8-5-3-4-6-9(8)10-7-11/h3-6H,2H2,1H3. The third kappa shape index (κ3) is 1.97. The minimum absolute atomic E-state index is 0.935. The van der Waals surface area contributed by atoms with E-state index in [-0.39, 0.29) is 0 Å². The summed E-state index contributed by atoms with van der Waals surface area (Å²) in [5, 5.41) is 2.37. The topological polar surface area (TPSA) is 12.4 Å². The van der Waals surface area contributed by atoms with Crippen LogP contribution in [0.1, 0.15) is 12.5 Å². The molecule has 0 spiro atoms. The van der Waals surface area contributed by atoms with Crippen molar-refractivity contribution in [1.82, 2.24) is 0 Å². The summed E-state index contributed by atoms with van der Waals surface area (Å²) in [6, 6.07) is 7.94. The van der Waals surface area contributed by atoms with Gasteiger partial charge in [0.05, 0.1) is 10.8 Å². The van der Waals surface area contributed by atoms with Gasteiger partial charge in [0.25, 0.3) is 0 Å². The van der Waals surface area contributed by atoms with Crippen molar-refractivity contribution >= 4 is 23.1 Å². The number of para-hydroxylation sites is 1. The summed E-state index contributed by atoms with van der Waals surface area (Å²) in [7, 11) is 0. The Morgan fingerprint density at radius 3 is 2.82 bits per heavy atom. The van der Waals surface area contributed by atoms with Gasteiger partial charge in [-0.2, -0.15) is 4.99 Å². The fraction of sp³-hybridized carbons (Fsp3) is 0.222. The predicted molar refractivity (Wildman–Crippen MR) is 50.5 cm³/mol. The lowest BCUT2D eigenvalue weighted by atomic mass is 10.1. The molecular weight excluding hydrogens is 154 g/mol. The summed E-state index contributed by atoms with van der Waals surface area (Å²) < 4.78 is 0. The van der Waals surface area contributed by atoms with Crippen LogP contribution in [0.5, 0.6) is 0 Å². The van der Waals surface area contributed by atoms with Crippen LogP contribution < -0.4 is 0 Å². The van der Waals surface area contributed by atoms with Crippen molar-refractivity contribution in [3.8, 4) is 0 Å². The van der Waals surface area contributed by atoms with Crippen LogP contribution in [0.15, 0.2) is 29.3 Å². The molecule has 0 saturated heterocycles. The quantitative estimate of drug-likeness (QED) is 0.482. The molecule has 0 radical (unpaired) electrons. The minimum atomic E-state index is 0.935. The molecular formula is C9H9NS. The van der Waals surface area contributed by atoms with Gasteiger partial charge in [-0.15, -0.1) is 0 Å². The molecule has 0 saturated carbocycles. The highest BCUT2D eigenvalue weighted by atomic mass is 32.1. The SMILES string of the molecule is CCc1ccccc1N=C=S. The summed E-state index contributed by atoms with van der Waals surface area (Å²) >= 11 is 4.52. The monoisotopic (exact) mass is 163 g/mol. The van der Waals surface area contributed by atoms with Gasteiger partial charge in [-0.25, -0.2) is 0 Å². The van der Waals surface area contributed by atoms with Gasteiger partial charge < -0.3 is 0 Å². The lowest BCUT2D eigenvalue weighted by Gasteiger charge is -1.98. The van der Waals surface area contributed by atoms with Crippen molar-refractivity contribution in [2.45, 2.75) is 13.3 Å². The fourth-order valence-electron chi connectivity index (χ4n) is 0.968. The van der Waals surface area contributed by atoms with Crippen molar-refractivity contribution < 1.29 is 0 Å². The molecule has 0 heterocycles. The largest absolute Gasteiger partial charge is 0.194 e. The van der Waals surface area contributed by atoms with Gasteiger partial charge in [-0.3, -0.25) is 0 Å². The first-order chi connectivity index (χ1) is 5.38.